The molecule has 130 valence electrons. The Morgan fingerprint density at radius 2 is 1.76 bits per heavy atom. The molecule has 1 aliphatic heterocycles. The molecule has 3 heteroatoms. The zero-order chi connectivity index (χ0) is 17.2. The van der Waals surface area contributed by atoms with Crippen LogP contribution in [-0.2, 0) is 13.1 Å². The first-order valence-electron chi connectivity index (χ1n) is 9.39. The van der Waals surface area contributed by atoms with Gasteiger partial charge in [-0.3, -0.25) is 9.58 Å². The van der Waals surface area contributed by atoms with Gasteiger partial charge in [-0.1, -0.05) is 42.5 Å². The zero-order valence-electron chi connectivity index (χ0n) is 15.3. The van der Waals surface area contributed by atoms with Crippen molar-refractivity contribution in [2.24, 2.45) is 5.92 Å². The van der Waals surface area contributed by atoms with Crippen LogP contribution in [0.25, 0.3) is 10.8 Å². The van der Waals surface area contributed by atoms with Gasteiger partial charge in [0.15, 0.2) is 0 Å². The Hall–Kier alpha value is -2.13. The van der Waals surface area contributed by atoms with E-state index in [0.29, 0.717) is 0 Å². The third kappa shape index (κ3) is 3.62. The van der Waals surface area contributed by atoms with Crippen molar-refractivity contribution in [3.63, 3.8) is 0 Å². The van der Waals surface area contributed by atoms with Crippen LogP contribution in [-0.4, -0.2) is 27.8 Å². The minimum atomic E-state index is 0.752. The Labute approximate surface area is 150 Å². The molecule has 0 saturated carbocycles. The van der Waals surface area contributed by atoms with E-state index in [9.17, 15) is 0 Å². The fourth-order valence-corrected chi connectivity index (χ4v) is 4.10. The van der Waals surface area contributed by atoms with Crippen molar-refractivity contribution in [3.05, 3.63) is 65.5 Å². The molecule has 4 rings (SSSR count). The first-order valence-corrected chi connectivity index (χ1v) is 9.39. The van der Waals surface area contributed by atoms with E-state index in [4.69, 9.17) is 0 Å². The molecule has 0 unspecified atom stereocenters. The van der Waals surface area contributed by atoms with Crippen LogP contribution in [0.15, 0.2) is 48.5 Å². The number of likely N-dealkylation sites (tertiary alicyclic amines) is 1. The lowest BCUT2D eigenvalue weighted by atomic mass is 9.96. The second-order valence-corrected chi connectivity index (χ2v) is 7.47. The van der Waals surface area contributed by atoms with Gasteiger partial charge >= 0.3 is 0 Å². The number of hydrogen-bond acceptors (Lipinski definition) is 2. The molecule has 1 aliphatic rings. The normalized spacial score (nSPS) is 16.6. The van der Waals surface area contributed by atoms with Crippen molar-refractivity contribution < 1.29 is 0 Å². The summed E-state index contributed by atoms with van der Waals surface area (Å²) < 4.78 is 2.19. The Morgan fingerprint density at radius 3 is 2.52 bits per heavy atom. The summed E-state index contributed by atoms with van der Waals surface area (Å²) in [6.45, 7) is 8.75. The van der Waals surface area contributed by atoms with Gasteiger partial charge in [-0.15, -0.1) is 0 Å². The van der Waals surface area contributed by atoms with Crippen molar-refractivity contribution in [3.8, 4) is 0 Å². The second-order valence-electron chi connectivity index (χ2n) is 7.47. The van der Waals surface area contributed by atoms with E-state index in [1.54, 1.807) is 0 Å². The van der Waals surface area contributed by atoms with Gasteiger partial charge in [0, 0.05) is 18.8 Å². The third-order valence-corrected chi connectivity index (χ3v) is 5.52. The van der Waals surface area contributed by atoms with Gasteiger partial charge in [0.1, 0.15) is 0 Å². The lowest BCUT2D eigenvalue weighted by molar-refractivity contribution is 0.164. The van der Waals surface area contributed by atoms with Gasteiger partial charge in [-0.05, 0) is 68.1 Å². The summed E-state index contributed by atoms with van der Waals surface area (Å²) in [6.07, 6.45) is 2.53. The number of piperidine rings is 1. The standard InChI is InChI=1S/C22H27N3/c1-17-14-18(2)25(23-17)15-19-10-12-24(13-11-19)16-21-8-5-7-20-6-3-4-9-22(20)21/h3-9,14,19H,10-13,15-16H2,1-2H3. The molecule has 0 amide bonds. The van der Waals surface area contributed by atoms with Crippen molar-refractivity contribution in [1.82, 2.24) is 14.7 Å². The molecule has 0 N–H and O–H groups in total. The van der Waals surface area contributed by atoms with Gasteiger partial charge in [0.05, 0.1) is 5.69 Å². The quantitative estimate of drug-likeness (QED) is 0.697. The second kappa shape index (κ2) is 7.01. The highest BCUT2D eigenvalue weighted by Gasteiger charge is 2.20. The molecule has 1 saturated heterocycles. The van der Waals surface area contributed by atoms with Crippen molar-refractivity contribution in [1.29, 1.82) is 0 Å². The lowest BCUT2D eigenvalue weighted by Gasteiger charge is -2.32. The van der Waals surface area contributed by atoms with E-state index in [0.717, 1.165) is 24.7 Å². The highest BCUT2D eigenvalue weighted by molar-refractivity contribution is 5.85. The molecule has 0 aliphatic carbocycles. The minimum Gasteiger partial charge on any atom is -0.299 e. The largest absolute Gasteiger partial charge is 0.299 e. The number of hydrogen-bond donors (Lipinski definition) is 0. The van der Waals surface area contributed by atoms with Crippen LogP contribution < -0.4 is 0 Å². The Bertz CT molecular complexity index is 851. The molecule has 3 aromatic rings. The van der Waals surface area contributed by atoms with E-state index in [1.807, 2.05) is 0 Å². The molecule has 2 heterocycles. The van der Waals surface area contributed by atoms with E-state index in [-0.39, 0.29) is 0 Å². The topological polar surface area (TPSA) is 21.1 Å². The van der Waals surface area contributed by atoms with E-state index < -0.39 is 0 Å². The molecule has 2 aromatic carbocycles. The maximum Gasteiger partial charge on any atom is 0.0596 e. The molecule has 1 aromatic heterocycles. The average molecular weight is 333 g/mol. The van der Waals surface area contributed by atoms with Gasteiger partial charge in [-0.25, -0.2) is 0 Å². The first-order chi connectivity index (χ1) is 12.2. The highest BCUT2D eigenvalue weighted by atomic mass is 15.3. The van der Waals surface area contributed by atoms with Crippen LogP contribution in [0.3, 0.4) is 0 Å². The number of nitrogens with zero attached hydrogens (tertiary/aromatic N) is 3. The predicted molar refractivity (Wildman–Crippen MR) is 104 cm³/mol. The van der Waals surface area contributed by atoms with Crippen LogP contribution in [0.5, 0.6) is 0 Å². The number of aryl methyl sites for hydroxylation is 2. The number of aromatic nitrogens is 2. The van der Waals surface area contributed by atoms with Crippen LogP contribution in [0.1, 0.15) is 29.8 Å². The minimum absolute atomic E-state index is 0.752. The van der Waals surface area contributed by atoms with Gasteiger partial charge in [0.2, 0.25) is 0 Å². The number of fused-ring (bicyclic) bond motifs is 1. The summed E-state index contributed by atoms with van der Waals surface area (Å²) in [5.74, 6) is 0.752. The molecule has 25 heavy (non-hydrogen) atoms. The molecular weight excluding hydrogens is 306 g/mol. The molecule has 0 atom stereocenters. The van der Waals surface area contributed by atoms with Gasteiger partial charge in [0.25, 0.3) is 0 Å². The Morgan fingerprint density at radius 1 is 1.00 bits per heavy atom. The average Bonchev–Trinajstić information content (AvgIpc) is 2.94. The van der Waals surface area contributed by atoms with E-state index >= 15 is 0 Å². The van der Waals surface area contributed by atoms with Crippen LogP contribution in [0, 0.1) is 19.8 Å². The Balaban J connectivity index is 1.38. The van der Waals surface area contributed by atoms with Crippen LogP contribution in [0.4, 0.5) is 0 Å². The summed E-state index contributed by atoms with van der Waals surface area (Å²) in [5, 5.41) is 7.37. The first kappa shape index (κ1) is 16.3. The zero-order valence-corrected chi connectivity index (χ0v) is 15.3. The highest BCUT2D eigenvalue weighted by Crippen LogP contribution is 2.24. The summed E-state index contributed by atoms with van der Waals surface area (Å²) in [6, 6.07) is 17.6. The fourth-order valence-electron chi connectivity index (χ4n) is 4.10. The summed E-state index contributed by atoms with van der Waals surface area (Å²) in [4.78, 5) is 2.61. The summed E-state index contributed by atoms with van der Waals surface area (Å²) in [5.41, 5.74) is 3.87. The molecule has 3 nitrogen and oxygen atoms in total. The van der Waals surface area contributed by atoms with E-state index in [1.165, 1.54) is 48.0 Å². The molecule has 0 radical (unpaired) electrons. The fraction of sp³-hybridized carbons (Fsp3) is 0.409. The van der Waals surface area contributed by atoms with Gasteiger partial charge in [-0.2, -0.15) is 5.10 Å². The van der Waals surface area contributed by atoms with Crippen LogP contribution in [0.2, 0.25) is 0 Å². The maximum atomic E-state index is 4.63. The number of benzene rings is 2. The SMILES string of the molecule is Cc1cc(C)n(CC2CCN(Cc3cccc4ccccc34)CC2)n1. The predicted octanol–water partition coefficient (Wildman–Crippen LogP) is 4.57. The molecule has 1 fully saturated rings. The summed E-state index contributed by atoms with van der Waals surface area (Å²) in [7, 11) is 0. The Kier molecular flexibility index (Phi) is 4.58. The van der Waals surface area contributed by atoms with Crippen molar-refractivity contribution in [2.45, 2.75) is 39.8 Å². The summed E-state index contributed by atoms with van der Waals surface area (Å²) >= 11 is 0. The molecule has 0 bridgehead atoms. The van der Waals surface area contributed by atoms with Crippen molar-refractivity contribution in [2.75, 3.05) is 13.1 Å². The van der Waals surface area contributed by atoms with Crippen LogP contribution >= 0.6 is 0 Å². The molecule has 0 spiro atoms. The van der Waals surface area contributed by atoms with E-state index in [2.05, 4.69) is 77.1 Å². The maximum absolute atomic E-state index is 4.63. The smallest absolute Gasteiger partial charge is 0.0596 e. The monoisotopic (exact) mass is 333 g/mol. The van der Waals surface area contributed by atoms with Gasteiger partial charge < -0.3 is 0 Å². The van der Waals surface area contributed by atoms with Crippen molar-refractivity contribution >= 4 is 10.8 Å². The molecular formula is C22H27N3. The number of rotatable bonds is 4. The third-order valence-electron chi connectivity index (χ3n) is 5.52. The lowest BCUT2D eigenvalue weighted by Crippen LogP contribution is -2.34.